The van der Waals surface area contributed by atoms with E-state index in [4.69, 9.17) is 9.26 Å². The van der Waals surface area contributed by atoms with Gasteiger partial charge in [0.05, 0.1) is 12.8 Å². The molecule has 1 aliphatic rings. The van der Waals surface area contributed by atoms with E-state index in [0.717, 1.165) is 36.6 Å². The molecule has 1 atom stereocenters. The van der Waals surface area contributed by atoms with Crippen molar-refractivity contribution < 1.29 is 9.26 Å². The highest BCUT2D eigenvalue weighted by Gasteiger charge is 2.29. The molecule has 0 spiro atoms. The van der Waals surface area contributed by atoms with Gasteiger partial charge in [0.25, 0.3) is 0 Å². The highest BCUT2D eigenvalue weighted by Crippen LogP contribution is 2.41. The topological polar surface area (TPSA) is 47.3 Å². The van der Waals surface area contributed by atoms with Crippen molar-refractivity contribution in [1.82, 2.24) is 5.16 Å². The van der Waals surface area contributed by atoms with E-state index in [9.17, 15) is 0 Å². The Hall–Kier alpha value is -1.97. The number of methoxy groups -OCH3 is 1. The van der Waals surface area contributed by atoms with E-state index in [1.165, 1.54) is 11.1 Å². The van der Waals surface area contributed by atoms with Crippen LogP contribution in [0.25, 0.3) is 0 Å². The Morgan fingerprint density at radius 1 is 1.37 bits per heavy atom. The molecule has 0 saturated heterocycles. The fourth-order valence-electron chi connectivity index (χ4n) is 2.91. The van der Waals surface area contributed by atoms with Gasteiger partial charge in [0.1, 0.15) is 5.75 Å². The van der Waals surface area contributed by atoms with E-state index in [2.05, 4.69) is 16.5 Å². The summed E-state index contributed by atoms with van der Waals surface area (Å²) in [6.07, 6.45) is 3.26. The van der Waals surface area contributed by atoms with Crippen LogP contribution in [0.4, 0.5) is 5.88 Å². The number of ether oxygens (including phenoxy) is 1. The number of nitrogens with one attached hydrogen (secondary N) is 1. The quantitative estimate of drug-likeness (QED) is 0.918. The maximum Gasteiger partial charge on any atom is 0.227 e. The van der Waals surface area contributed by atoms with Gasteiger partial charge in [-0.25, -0.2) is 0 Å². The largest absolute Gasteiger partial charge is 0.496 e. The van der Waals surface area contributed by atoms with Crippen molar-refractivity contribution in [3.05, 3.63) is 41.1 Å². The molecule has 1 aromatic heterocycles. The number of hydrogen-bond donors (Lipinski definition) is 1. The maximum absolute atomic E-state index is 5.47. The summed E-state index contributed by atoms with van der Waals surface area (Å²) < 4.78 is 10.9. The molecule has 0 radical (unpaired) electrons. The number of aromatic nitrogens is 1. The van der Waals surface area contributed by atoms with Crippen LogP contribution < -0.4 is 10.1 Å². The zero-order valence-electron chi connectivity index (χ0n) is 11.3. The molecular formula is C15H18N2O2. The summed E-state index contributed by atoms with van der Waals surface area (Å²) >= 11 is 0. The molecule has 1 aliphatic carbocycles. The van der Waals surface area contributed by atoms with Gasteiger partial charge in [-0.3, -0.25) is 0 Å². The third kappa shape index (κ3) is 1.97. The van der Waals surface area contributed by atoms with E-state index < -0.39 is 0 Å². The summed E-state index contributed by atoms with van der Waals surface area (Å²) in [6.45, 7) is 0. The van der Waals surface area contributed by atoms with Gasteiger partial charge in [0, 0.05) is 24.1 Å². The lowest BCUT2D eigenvalue weighted by Crippen LogP contribution is -2.12. The summed E-state index contributed by atoms with van der Waals surface area (Å²) in [6, 6.07) is 8.16. The number of para-hydroxylation sites is 1. The number of anilines is 1. The second-order valence-corrected chi connectivity index (χ2v) is 4.81. The Labute approximate surface area is 112 Å². The first kappa shape index (κ1) is 12.1. The monoisotopic (exact) mass is 258 g/mol. The molecule has 2 aromatic rings. The fraction of sp³-hybridized carbons (Fsp3) is 0.400. The van der Waals surface area contributed by atoms with Gasteiger partial charge in [0.2, 0.25) is 5.88 Å². The summed E-state index contributed by atoms with van der Waals surface area (Å²) in [5.74, 6) is 2.00. The summed E-state index contributed by atoms with van der Waals surface area (Å²) in [4.78, 5) is 0. The van der Waals surface area contributed by atoms with Crippen molar-refractivity contribution in [2.24, 2.45) is 0 Å². The van der Waals surface area contributed by atoms with Gasteiger partial charge in [-0.2, -0.15) is 0 Å². The predicted octanol–water partition coefficient (Wildman–Crippen LogP) is 3.19. The third-order valence-electron chi connectivity index (χ3n) is 3.81. The van der Waals surface area contributed by atoms with Gasteiger partial charge in [-0.1, -0.05) is 23.4 Å². The van der Waals surface area contributed by atoms with Crippen LogP contribution in [0.3, 0.4) is 0 Å². The van der Waals surface area contributed by atoms with Crippen molar-refractivity contribution in [2.75, 3.05) is 19.5 Å². The molecule has 1 N–H and O–H groups in total. The zero-order valence-corrected chi connectivity index (χ0v) is 11.3. The lowest BCUT2D eigenvalue weighted by molar-refractivity contribution is 0.399. The lowest BCUT2D eigenvalue weighted by Gasteiger charge is -2.22. The fourth-order valence-corrected chi connectivity index (χ4v) is 2.91. The third-order valence-corrected chi connectivity index (χ3v) is 3.81. The van der Waals surface area contributed by atoms with Crippen LogP contribution in [-0.2, 0) is 6.42 Å². The molecule has 0 fully saturated rings. The Morgan fingerprint density at radius 2 is 2.21 bits per heavy atom. The molecule has 1 heterocycles. The standard InChI is InChI=1S/C15H18N2O2/c1-16-15-12-8-5-7-11(14(12)17-19-15)10-6-3-4-9-13(10)18-2/h3-4,6,9,11,16H,5,7-8H2,1-2H3. The smallest absolute Gasteiger partial charge is 0.227 e. The van der Waals surface area contributed by atoms with Crippen LogP contribution >= 0.6 is 0 Å². The van der Waals surface area contributed by atoms with Crippen LogP contribution in [0.1, 0.15) is 35.6 Å². The molecule has 3 rings (SSSR count). The van der Waals surface area contributed by atoms with E-state index >= 15 is 0 Å². The normalized spacial score (nSPS) is 17.9. The minimum Gasteiger partial charge on any atom is -0.496 e. The molecule has 0 aliphatic heterocycles. The number of hydrogen-bond acceptors (Lipinski definition) is 4. The van der Waals surface area contributed by atoms with Crippen LogP contribution in [0, 0.1) is 0 Å². The van der Waals surface area contributed by atoms with E-state index in [0.29, 0.717) is 0 Å². The van der Waals surface area contributed by atoms with Crippen LogP contribution in [0.2, 0.25) is 0 Å². The first-order valence-electron chi connectivity index (χ1n) is 6.64. The Kier molecular flexibility index (Phi) is 3.15. The average Bonchev–Trinajstić information content (AvgIpc) is 2.90. The molecule has 4 heteroatoms. The number of fused-ring (bicyclic) bond motifs is 1. The Balaban J connectivity index is 2.06. The predicted molar refractivity (Wildman–Crippen MR) is 73.8 cm³/mol. The second kappa shape index (κ2) is 4.96. The average molecular weight is 258 g/mol. The summed E-state index contributed by atoms with van der Waals surface area (Å²) in [7, 11) is 3.58. The minimum atomic E-state index is 0.269. The summed E-state index contributed by atoms with van der Waals surface area (Å²) in [5.41, 5.74) is 3.46. The van der Waals surface area contributed by atoms with E-state index in [1.807, 2.05) is 25.2 Å². The molecular weight excluding hydrogens is 240 g/mol. The molecule has 0 amide bonds. The zero-order chi connectivity index (χ0) is 13.2. The molecule has 4 nitrogen and oxygen atoms in total. The summed E-state index contributed by atoms with van der Waals surface area (Å²) in [5, 5.41) is 7.34. The Morgan fingerprint density at radius 3 is 3.00 bits per heavy atom. The maximum atomic E-state index is 5.47. The SMILES string of the molecule is CNc1onc2c1CCCC2c1ccccc1OC. The van der Waals surface area contributed by atoms with Crippen molar-refractivity contribution >= 4 is 5.88 Å². The molecule has 100 valence electrons. The molecule has 19 heavy (non-hydrogen) atoms. The van der Waals surface area contributed by atoms with Gasteiger partial charge in [0.15, 0.2) is 0 Å². The van der Waals surface area contributed by atoms with Crippen molar-refractivity contribution in [1.29, 1.82) is 0 Å². The van der Waals surface area contributed by atoms with Crippen LogP contribution in [-0.4, -0.2) is 19.3 Å². The van der Waals surface area contributed by atoms with E-state index in [1.54, 1.807) is 7.11 Å². The molecule has 0 saturated carbocycles. The van der Waals surface area contributed by atoms with Gasteiger partial charge in [-0.05, 0) is 25.3 Å². The first-order valence-corrected chi connectivity index (χ1v) is 6.64. The minimum absolute atomic E-state index is 0.269. The van der Waals surface area contributed by atoms with Gasteiger partial charge >= 0.3 is 0 Å². The molecule has 1 unspecified atom stereocenters. The number of nitrogens with zero attached hydrogens (tertiary/aromatic N) is 1. The first-order chi connectivity index (χ1) is 9.35. The van der Waals surface area contributed by atoms with Crippen molar-refractivity contribution in [2.45, 2.75) is 25.2 Å². The van der Waals surface area contributed by atoms with Crippen molar-refractivity contribution in [3.8, 4) is 5.75 Å². The van der Waals surface area contributed by atoms with Gasteiger partial charge in [-0.15, -0.1) is 0 Å². The highest BCUT2D eigenvalue weighted by atomic mass is 16.5. The van der Waals surface area contributed by atoms with Crippen LogP contribution in [0.15, 0.2) is 28.8 Å². The molecule has 0 bridgehead atoms. The van der Waals surface area contributed by atoms with Crippen LogP contribution in [0.5, 0.6) is 5.75 Å². The molecule has 1 aromatic carbocycles. The Bertz CT molecular complexity index is 577. The van der Waals surface area contributed by atoms with E-state index in [-0.39, 0.29) is 5.92 Å². The van der Waals surface area contributed by atoms with Crippen molar-refractivity contribution in [3.63, 3.8) is 0 Å². The second-order valence-electron chi connectivity index (χ2n) is 4.81. The number of rotatable bonds is 3. The highest BCUT2D eigenvalue weighted by molar-refractivity contribution is 5.50. The lowest BCUT2D eigenvalue weighted by atomic mass is 9.82. The number of benzene rings is 1. The van der Waals surface area contributed by atoms with Gasteiger partial charge < -0.3 is 14.6 Å².